The Morgan fingerprint density at radius 3 is 2.89 bits per heavy atom. The summed E-state index contributed by atoms with van der Waals surface area (Å²) < 4.78 is 6.85. The number of nitrogens with zero attached hydrogens (tertiary/aromatic N) is 1. The van der Waals surface area contributed by atoms with E-state index in [0.29, 0.717) is 18.4 Å². The molecule has 4 N–H and O–H groups in total. The lowest BCUT2D eigenvalue weighted by molar-refractivity contribution is -0.0152. The Morgan fingerprint density at radius 1 is 1.58 bits per heavy atom. The van der Waals surface area contributed by atoms with Gasteiger partial charge in [-0.2, -0.15) is 0 Å². The molecule has 2 heterocycles. The highest BCUT2D eigenvalue weighted by atomic mass is 16.5. The molecule has 1 aliphatic heterocycles. The second-order valence-electron chi connectivity index (χ2n) is 4.74. The van der Waals surface area contributed by atoms with E-state index in [-0.39, 0.29) is 12.1 Å². The summed E-state index contributed by atoms with van der Waals surface area (Å²) in [4.78, 5) is 25.7. The molecule has 0 radical (unpaired) electrons. The fourth-order valence-corrected chi connectivity index (χ4v) is 2.29. The van der Waals surface area contributed by atoms with Gasteiger partial charge in [0.1, 0.15) is 6.23 Å². The molecule has 0 amide bonds. The van der Waals surface area contributed by atoms with E-state index in [0.717, 1.165) is 6.42 Å². The Balaban J connectivity index is 2.33. The molecule has 7 heteroatoms. The highest BCUT2D eigenvalue weighted by molar-refractivity contribution is 5.05. The van der Waals surface area contributed by atoms with Crippen LogP contribution in [0.1, 0.15) is 31.6 Å². The average Bonchev–Trinajstić information content (AvgIpc) is 2.74. The summed E-state index contributed by atoms with van der Waals surface area (Å²) in [6.45, 7) is 2.15. The van der Waals surface area contributed by atoms with Crippen molar-refractivity contribution < 1.29 is 9.84 Å². The second-order valence-corrected chi connectivity index (χ2v) is 4.74. The van der Waals surface area contributed by atoms with Crippen LogP contribution in [0.25, 0.3) is 0 Å². The van der Waals surface area contributed by atoms with Crippen LogP contribution < -0.4 is 17.0 Å². The first-order valence-corrected chi connectivity index (χ1v) is 6.44. The maximum absolute atomic E-state index is 11.8. The summed E-state index contributed by atoms with van der Waals surface area (Å²) in [6.07, 6.45) is 1.46. The number of rotatable bonds is 4. The molecule has 0 spiro atoms. The van der Waals surface area contributed by atoms with Crippen molar-refractivity contribution in [3.63, 3.8) is 0 Å². The number of nitrogens with one attached hydrogen (secondary N) is 1. The van der Waals surface area contributed by atoms with Gasteiger partial charge in [0.2, 0.25) is 0 Å². The minimum atomic E-state index is -0.691. The Morgan fingerprint density at radius 2 is 2.32 bits per heavy atom. The number of hydrogen-bond donors (Lipinski definition) is 3. The minimum Gasteiger partial charge on any atom is -0.390 e. The molecule has 19 heavy (non-hydrogen) atoms. The van der Waals surface area contributed by atoms with Crippen LogP contribution in [0.5, 0.6) is 0 Å². The topological polar surface area (TPSA) is 110 Å². The van der Waals surface area contributed by atoms with Gasteiger partial charge in [0.05, 0.1) is 12.2 Å². The van der Waals surface area contributed by atoms with Crippen molar-refractivity contribution in [2.45, 2.75) is 44.6 Å². The predicted octanol–water partition coefficient (Wildman–Crippen LogP) is -0.904. The van der Waals surface area contributed by atoms with E-state index in [9.17, 15) is 14.7 Å². The molecule has 2 rings (SSSR count). The van der Waals surface area contributed by atoms with Crippen molar-refractivity contribution in [1.29, 1.82) is 0 Å². The number of aliphatic hydroxyl groups excluding tert-OH is 1. The van der Waals surface area contributed by atoms with E-state index in [4.69, 9.17) is 10.5 Å². The molecule has 106 valence electrons. The predicted molar refractivity (Wildman–Crippen MR) is 68.9 cm³/mol. The van der Waals surface area contributed by atoms with Crippen molar-refractivity contribution in [1.82, 2.24) is 9.55 Å². The summed E-state index contributed by atoms with van der Waals surface area (Å²) in [5, 5.41) is 9.75. The number of nitrogens with two attached hydrogens (primary N) is 1. The molecule has 1 aliphatic rings. The second kappa shape index (κ2) is 5.68. The van der Waals surface area contributed by atoms with Gasteiger partial charge in [-0.1, -0.05) is 13.3 Å². The zero-order valence-corrected chi connectivity index (χ0v) is 10.8. The van der Waals surface area contributed by atoms with Crippen molar-refractivity contribution >= 4 is 0 Å². The molecule has 1 fully saturated rings. The van der Waals surface area contributed by atoms with E-state index in [1.165, 1.54) is 10.8 Å². The number of hydrogen-bond acceptors (Lipinski definition) is 5. The third kappa shape index (κ3) is 2.78. The number of aromatic nitrogens is 2. The van der Waals surface area contributed by atoms with Gasteiger partial charge in [-0.05, 0) is 6.42 Å². The summed E-state index contributed by atoms with van der Waals surface area (Å²) in [5.41, 5.74) is 5.12. The van der Waals surface area contributed by atoms with Crippen LogP contribution in [0.15, 0.2) is 15.8 Å². The third-order valence-corrected chi connectivity index (χ3v) is 3.31. The van der Waals surface area contributed by atoms with Crippen molar-refractivity contribution in [2.24, 2.45) is 5.73 Å². The van der Waals surface area contributed by atoms with Crippen molar-refractivity contribution in [3.05, 3.63) is 32.6 Å². The molecule has 3 atom stereocenters. The van der Waals surface area contributed by atoms with Gasteiger partial charge in [-0.15, -0.1) is 0 Å². The molecule has 1 aromatic heterocycles. The monoisotopic (exact) mass is 269 g/mol. The Labute approximate surface area is 110 Å². The highest BCUT2D eigenvalue weighted by Gasteiger charge is 2.34. The summed E-state index contributed by atoms with van der Waals surface area (Å²) in [7, 11) is 0. The van der Waals surface area contributed by atoms with Gasteiger partial charge in [0, 0.05) is 24.7 Å². The number of aliphatic hydroxyl groups is 1. The summed E-state index contributed by atoms with van der Waals surface area (Å²) >= 11 is 0. The van der Waals surface area contributed by atoms with E-state index in [1.54, 1.807) is 0 Å². The Bertz CT molecular complexity index is 551. The lowest BCUT2D eigenvalue weighted by Gasteiger charge is -2.15. The van der Waals surface area contributed by atoms with Crippen LogP contribution in [0.3, 0.4) is 0 Å². The standard InChI is InChI=1S/C12H19N3O4/c1-2-3-7-6-15(12(18)14-11(7)17)10-4-8(16)9(5-13)19-10/h6,8-10,16H,2-5,13H2,1H3,(H,14,17,18)/t8?,9-,10-/m0/s1. The molecule has 0 aliphatic carbocycles. The van der Waals surface area contributed by atoms with Gasteiger partial charge in [0.15, 0.2) is 0 Å². The number of ether oxygens (including phenoxy) is 1. The van der Waals surface area contributed by atoms with Crippen LogP contribution in [0, 0.1) is 0 Å². The first-order chi connectivity index (χ1) is 9.06. The van der Waals surface area contributed by atoms with Gasteiger partial charge in [-0.3, -0.25) is 14.3 Å². The average molecular weight is 269 g/mol. The van der Waals surface area contributed by atoms with Gasteiger partial charge in [-0.25, -0.2) is 4.79 Å². The van der Waals surface area contributed by atoms with Crippen LogP contribution in [0.2, 0.25) is 0 Å². The zero-order chi connectivity index (χ0) is 14.0. The fourth-order valence-electron chi connectivity index (χ4n) is 2.29. The van der Waals surface area contributed by atoms with Crippen LogP contribution in [-0.4, -0.2) is 33.4 Å². The van der Waals surface area contributed by atoms with E-state index in [1.807, 2.05) is 6.92 Å². The van der Waals surface area contributed by atoms with E-state index in [2.05, 4.69) is 4.98 Å². The first-order valence-electron chi connectivity index (χ1n) is 6.44. The van der Waals surface area contributed by atoms with Crippen molar-refractivity contribution in [3.8, 4) is 0 Å². The Hall–Kier alpha value is -1.44. The number of H-pyrrole nitrogens is 1. The van der Waals surface area contributed by atoms with E-state index < -0.39 is 24.1 Å². The SMILES string of the molecule is CCCc1cn([C@@H]2CC(O)[C@H](CN)O2)c(=O)[nH]c1=O. The smallest absolute Gasteiger partial charge is 0.330 e. The molecule has 1 saturated heterocycles. The molecule has 1 aromatic rings. The van der Waals surface area contributed by atoms with Gasteiger partial charge < -0.3 is 15.6 Å². The maximum Gasteiger partial charge on any atom is 0.330 e. The largest absolute Gasteiger partial charge is 0.390 e. The highest BCUT2D eigenvalue weighted by Crippen LogP contribution is 2.26. The molecule has 0 aromatic carbocycles. The Kier molecular flexibility index (Phi) is 4.18. The van der Waals surface area contributed by atoms with Crippen molar-refractivity contribution in [2.75, 3.05) is 6.54 Å². The van der Waals surface area contributed by atoms with Crippen LogP contribution in [0.4, 0.5) is 0 Å². The first kappa shape index (κ1) is 14.0. The lowest BCUT2D eigenvalue weighted by Crippen LogP contribution is -2.34. The van der Waals surface area contributed by atoms with Crippen LogP contribution >= 0.6 is 0 Å². The number of aromatic amines is 1. The molecule has 7 nitrogen and oxygen atoms in total. The van der Waals surface area contributed by atoms with Gasteiger partial charge >= 0.3 is 5.69 Å². The third-order valence-electron chi connectivity index (χ3n) is 3.31. The van der Waals surface area contributed by atoms with Gasteiger partial charge in [0.25, 0.3) is 5.56 Å². The molecule has 0 bridgehead atoms. The molecule has 1 unspecified atom stereocenters. The summed E-state index contributed by atoms with van der Waals surface area (Å²) in [6, 6.07) is 0. The van der Waals surface area contributed by atoms with Crippen LogP contribution in [-0.2, 0) is 11.2 Å². The zero-order valence-electron chi connectivity index (χ0n) is 10.8. The maximum atomic E-state index is 11.8. The summed E-state index contributed by atoms with van der Waals surface area (Å²) in [5.74, 6) is 0. The molecular weight excluding hydrogens is 250 g/mol. The normalized spacial score (nSPS) is 26.8. The quantitative estimate of drug-likeness (QED) is 0.656. The van der Waals surface area contributed by atoms with E-state index >= 15 is 0 Å². The lowest BCUT2D eigenvalue weighted by atomic mass is 10.2. The molecular formula is C12H19N3O4. The minimum absolute atomic E-state index is 0.192. The molecule has 0 saturated carbocycles. The fraction of sp³-hybridized carbons (Fsp3) is 0.667. The number of aryl methyl sites for hydroxylation is 1.